The van der Waals surface area contributed by atoms with E-state index in [-0.39, 0.29) is 0 Å². The van der Waals surface area contributed by atoms with Crippen molar-refractivity contribution in [1.82, 2.24) is 9.78 Å². The summed E-state index contributed by atoms with van der Waals surface area (Å²) in [5.74, 6) is 0. The van der Waals surface area contributed by atoms with Gasteiger partial charge in [-0.2, -0.15) is 10.4 Å². The Morgan fingerprint density at radius 3 is 3.00 bits per heavy atom. The summed E-state index contributed by atoms with van der Waals surface area (Å²) in [6.45, 7) is 0. The second-order valence-corrected chi connectivity index (χ2v) is 2.30. The van der Waals surface area contributed by atoms with E-state index in [0.717, 1.165) is 5.69 Å². The zero-order valence-electron chi connectivity index (χ0n) is 5.50. The molecule has 0 N–H and O–H groups in total. The number of halogens is 1. The first-order valence-corrected chi connectivity index (χ1v) is 3.17. The summed E-state index contributed by atoms with van der Waals surface area (Å²) in [7, 11) is 1.76. The Morgan fingerprint density at radius 1 is 1.90 bits per heavy atom. The second kappa shape index (κ2) is 2.72. The van der Waals surface area contributed by atoms with Crippen molar-refractivity contribution in [3.63, 3.8) is 0 Å². The summed E-state index contributed by atoms with van der Waals surface area (Å²) < 4.78 is 1.60. The third-order valence-electron chi connectivity index (χ3n) is 1.26. The van der Waals surface area contributed by atoms with Crippen molar-refractivity contribution in [2.75, 3.05) is 0 Å². The van der Waals surface area contributed by atoms with E-state index in [2.05, 4.69) is 5.10 Å². The molecular weight excluding hydrogens is 150 g/mol. The van der Waals surface area contributed by atoms with Crippen LogP contribution in [0.25, 0.3) is 0 Å². The van der Waals surface area contributed by atoms with Crippen molar-refractivity contribution in [2.45, 2.75) is 6.42 Å². The van der Waals surface area contributed by atoms with Crippen LogP contribution < -0.4 is 0 Å². The van der Waals surface area contributed by atoms with Crippen LogP contribution in [-0.4, -0.2) is 9.78 Å². The molecule has 0 aliphatic heterocycles. The van der Waals surface area contributed by atoms with Gasteiger partial charge in [0, 0.05) is 7.05 Å². The Labute approximate surface area is 63.8 Å². The zero-order valence-corrected chi connectivity index (χ0v) is 6.26. The Morgan fingerprint density at radius 2 is 2.60 bits per heavy atom. The van der Waals surface area contributed by atoms with E-state index in [1.165, 1.54) is 6.20 Å². The second-order valence-electron chi connectivity index (χ2n) is 1.90. The van der Waals surface area contributed by atoms with Gasteiger partial charge < -0.3 is 0 Å². The van der Waals surface area contributed by atoms with Crippen molar-refractivity contribution in [1.29, 1.82) is 5.26 Å². The summed E-state index contributed by atoms with van der Waals surface area (Å²) in [5, 5.41) is 12.8. The van der Waals surface area contributed by atoms with Crippen LogP contribution in [0.15, 0.2) is 6.20 Å². The first-order chi connectivity index (χ1) is 4.75. The molecule has 1 rings (SSSR count). The van der Waals surface area contributed by atoms with E-state index in [4.69, 9.17) is 16.9 Å². The molecule has 0 saturated carbocycles. The minimum absolute atomic E-state index is 0.315. The van der Waals surface area contributed by atoms with Gasteiger partial charge in [0.1, 0.15) is 0 Å². The Bertz CT molecular complexity index is 252. The minimum atomic E-state index is 0.315. The summed E-state index contributed by atoms with van der Waals surface area (Å²) in [6.07, 6.45) is 1.85. The molecule has 1 aromatic heterocycles. The van der Waals surface area contributed by atoms with Gasteiger partial charge in [0.15, 0.2) is 0 Å². The van der Waals surface area contributed by atoms with Crippen LogP contribution in [0.3, 0.4) is 0 Å². The van der Waals surface area contributed by atoms with E-state index in [9.17, 15) is 0 Å². The molecule has 0 aliphatic rings. The van der Waals surface area contributed by atoms with Crippen LogP contribution in [0.1, 0.15) is 5.69 Å². The highest BCUT2D eigenvalue weighted by molar-refractivity contribution is 6.31. The molecule has 0 saturated heterocycles. The van der Waals surface area contributed by atoms with Crippen molar-refractivity contribution in [3.8, 4) is 6.07 Å². The van der Waals surface area contributed by atoms with Gasteiger partial charge in [-0.3, -0.25) is 4.68 Å². The molecule has 52 valence electrons. The average molecular weight is 156 g/mol. The summed E-state index contributed by atoms with van der Waals surface area (Å²) >= 11 is 5.69. The fourth-order valence-corrected chi connectivity index (χ4v) is 0.943. The van der Waals surface area contributed by atoms with E-state index < -0.39 is 0 Å². The van der Waals surface area contributed by atoms with Gasteiger partial charge in [-0.05, 0) is 0 Å². The van der Waals surface area contributed by atoms with Gasteiger partial charge >= 0.3 is 0 Å². The number of hydrogen-bond acceptors (Lipinski definition) is 2. The molecule has 0 unspecified atom stereocenters. The van der Waals surface area contributed by atoms with Gasteiger partial charge in [0.05, 0.1) is 29.4 Å². The smallest absolute Gasteiger partial charge is 0.0828 e. The average Bonchev–Trinajstić information content (AvgIpc) is 2.20. The maximum absolute atomic E-state index is 8.34. The monoisotopic (exact) mass is 155 g/mol. The normalized spacial score (nSPS) is 9.30. The molecule has 0 fully saturated rings. The molecule has 1 heterocycles. The fourth-order valence-electron chi connectivity index (χ4n) is 0.710. The molecule has 0 aromatic carbocycles. The summed E-state index contributed by atoms with van der Waals surface area (Å²) in [5.41, 5.74) is 0.768. The number of nitrogens with zero attached hydrogens (tertiary/aromatic N) is 3. The molecule has 0 amide bonds. The highest BCUT2D eigenvalue weighted by atomic mass is 35.5. The highest BCUT2D eigenvalue weighted by Crippen LogP contribution is 2.13. The lowest BCUT2D eigenvalue weighted by Crippen LogP contribution is -1.96. The van der Waals surface area contributed by atoms with Gasteiger partial charge in [-0.25, -0.2) is 0 Å². The van der Waals surface area contributed by atoms with Gasteiger partial charge in [0.25, 0.3) is 0 Å². The number of aryl methyl sites for hydroxylation is 1. The quantitative estimate of drug-likeness (QED) is 0.610. The van der Waals surface area contributed by atoms with Gasteiger partial charge in [0.2, 0.25) is 0 Å². The first-order valence-electron chi connectivity index (χ1n) is 2.79. The molecule has 0 spiro atoms. The fraction of sp³-hybridized carbons (Fsp3) is 0.333. The molecule has 0 radical (unpaired) electrons. The Kier molecular flexibility index (Phi) is 1.93. The van der Waals surface area contributed by atoms with Crippen LogP contribution >= 0.6 is 11.6 Å². The van der Waals surface area contributed by atoms with Crippen LogP contribution in [0.5, 0.6) is 0 Å². The third-order valence-corrected chi connectivity index (χ3v) is 1.57. The van der Waals surface area contributed by atoms with Crippen molar-refractivity contribution >= 4 is 11.6 Å². The van der Waals surface area contributed by atoms with E-state index in [0.29, 0.717) is 11.4 Å². The Balaban J connectivity index is 3.01. The molecule has 3 nitrogen and oxygen atoms in total. The molecule has 10 heavy (non-hydrogen) atoms. The Hall–Kier alpha value is -1.01. The molecule has 0 atom stereocenters. The summed E-state index contributed by atoms with van der Waals surface area (Å²) in [6, 6.07) is 2.01. The number of nitriles is 1. The van der Waals surface area contributed by atoms with Gasteiger partial charge in [-0.15, -0.1) is 0 Å². The maximum atomic E-state index is 8.34. The third kappa shape index (κ3) is 1.12. The van der Waals surface area contributed by atoms with Gasteiger partial charge in [-0.1, -0.05) is 11.6 Å². The lowest BCUT2D eigenvalue weighted by Gasteiger charge is -1.93. The zero-order chi connectivity index (χ0) is 7.56. The van der Waals surface area contributed by atoms with Crippen molar-refractivity contribution in [2.24, 2.45) is 7.05 Å². The molecular formula is C6H6ClN3. The standard InChI is InChI=1S/C6H6ClN3/c1-10-6(2-3-8)5(7)4-9-10/h4H,2H2,1H3. The number of hydrogen-bond donors (Lipinski definition) is 0. The highest BCUT2D eigenvalue weighted by Gasteiger charge is 2.03. The number of rotatable bonds is 1. The maximum Gasteiger partial charge on any atom is 0.0828 e. The van der Waals surface area contributed by atoms with Crippen LogP contribution in [-0.2, 0) is 13.5 Å². The first kappa shape index (κ1) is 7.10. The van der Waals surface area contributed by atoms with Crippen LogP contribution in [0.4, 0.5) is 0 Å². The molecule has 1 aromatic rings. The lowest BCUT2D eigenvalue weighted by atomic mass is 10.3. The van der Waals surface area contributed by atoms with Crippen LogP contribution in [0.2, 0.25) is 5.02 Å². The topological polar surface area (TPSA) is 41.6 Å². The van der Waals surface area contributed by atoms with E-state index in [1.54, 1.807) is 11.7 Å². The molecule has 0 bridgehead atoms. The molecule has 0 aliphatic carbocycles. The largest absolute Gasteiger partial charge is 0.270 e. The SMILES string of the molecule is Cn1ncc(Cl)c1CC#N. The van der Waals surface area contributed by atoms with Crippen molar-refractivity contribution in [3.05, 3.63) is 16.9 Å². The predicted molar refractivity (Wildman–Crippen MR) is 37.5 cm³/mol. The molecule has 4 heteroatoms. The van der Waals surface area contributed by atoms with Crippen LogP contribution in [0, 0.1) is 11.3 Å². The van der Waals surface area contributed by atoms with E-state index >= 15 is 0 Å². The van der Waals surface area contributed by atoms with Crippen molar-refractivity contribution < 1.29 is 0 Å². The van der Waals surface area contributed by atoms with E-state index in [1.807, 2.05) is 6.07 Å². The minimum Gasteiger partial charge on any atom is -0.270 e. The predicted octanol–water partition coefficient (Wildman–Crippen LogP) is 1.14. The summed E-state index contributed by atoms with van der Waals surface area (Å²) in [4.78, 5) is 0. The lowest BCUT2D eigenvalue weighted by molar-refractivity contribution is 0.729. The number of aromatic nitrogens is 2.